The maximum Gasteiger partial charge on any atom is -0.0162 e. The normalized spacial score (nSPS) is 17.7. The Morgan fingerprint density at radius 3 is 1.72 bits per heavy atom. The quantitative estimate of drug-likeness (QED) is 0.613. The summed E-state index contributed by atoms with van der Waals surface area (Å²) in [7, 11) is 0. The number of hydrogen-bond donors (Lipinski definition) is 0. The molecular weight excluding hydrogens is 216 g/mol. The minimum Gasteiger partial charge on any atom is -0.0587 e. The number of hydrogen-bond acceptors (Lipinski definition) is 0. The monoisotopic (exact) mass is 244 g/mol. The first-order chi connectivity index (χ1) is 8.58. The lowest BCUT2D eigenvalue weighted by atomic mass is 9.81. The molecule has 0 unspecified atom stereocenters. The molecule has 1 saturated carbocycles. The second-order valence-electron chi connectivity index (χ2n) is 6.58. The van der Waals surface area contributed by atoms with E-state index in [1.54, 1.807) is 5.56 Å². The van der Waals surface area contributed by atoms with Gasteiger partial charge in [-0.2, -0.15) is 0 Å². The van der Waals surface area contributed by atoms with E-state index in [1.165, 1.54) is 43.2 Å². The van der Waals surface area contributed by atoms with Gasteiger partial charge in [0.2, 0.25) is 0 Å². The van der Waals surface area contributed by atoms with Crippen molar-refractivity contribution in [1.29, 1.82) is 0 Å². The molecular formula is C18H28. The minimum absolute atomic E-state index is 0.644. The highest BCUT2D eigenvalue weighted by molar-refractivity contribution is 5.35. The molecule has 18 heavy (non-hydrogen) atoms. The van der Waals surface area contributed by atoms with Crippen LogP contribution in [0.1, 0.15) is 94.2 Å². The summed E-state index contributed by atoms with van der Waals surface area (Å²) in [6.45, 7) is 9.24. The molecule has 100 valence electrons. The van der Waals surface area contributed by atoms with Gasteiger partial charge in [0.15, 0.2) is 0 Å². The lowest BCUT2D eigenvalue weighted by Gasteiger charge is -2.24. The second kappa shape index (κ2) is 5.91. The molecule has 0 bridgehead atoms. The van der Waals surface area contributed by atoms with E-state index in [9.17, 15) is 0 Å². The molecule has 0 heteroatoms. The fourth-order valence-electron chi connectivity index (χ4n) is 3.04. The van der Waals surface area contributed by atoms with E-state index >= 15 is 0 Å². The van der Waals surface area contributed by atoms with Crippen molar-refractivity contribution in [3.63, 3.8) is 0 Å². The number of benzene rings is 1. The van der Waals surface area contributed by atoms with Crippen molar-refractivity contribution in [2.45, 2.75) is 77.6 Å². The van der Waals surface area contributed by atoms with Crippen LogP contribution in [0.2, 0.25) is 0 Å². The van der Waals surface area contributed by atoms with Crippen LogP contribution in [0.3, 0.4) is 0 Å². The molecule has 1 aliphatic carbocycles. The Morgan fingerprint density at radius 1 is 0.778 bits per heavy atom. The second-order valence-corrected chi connectivity index (χ2v) is 6.58. The topological polar surface area (TPSA) is 0 Å². The van der Waals surface area contributed by atoms with E-state index in [-0.39, 0.29) is 0 Å². The fraction of sp³-hybridized carbons (Fsp3) is 0.667. The summed E-state index contributed by atoms with van der Waals surface area (Å²) >= 11 is 0. The van der Waals surface area contributed by atoms with E-state index in [2.05, 4.69) is 45.9 Å². The molecule has 1 aromatic rings. The van der Waals surface area contributed by atoms with E-state index in [4.69, 9.17) is 0 Å². The van der Waals surface area contributed by atoms with Gasteiger partial charge in [-0.3, -0.25) is 0 Å². The Balaban J connectivity index is 2.32. The van der Waals surface area contributed by atoms with Crippen molar-refractivity contribution >= 4 is 0 Å². The number of rotatable bonds is 3. The highest BCUT2D eigenvalue weighted by Gasteiger charge is 2.17. The molecule has 1 fully saturated rings. The third kappa shape index (κ3) is 3.16. The zero-order valence-corrected chi connectivity index (χ0v) is 12.5. The zero-order valence-electron chi connectivity index (χ0n) is 12.5. The largest absolute Gasteiger partial charge is 0.0587 e. The van der Waals surface area contributed by atoms with E-state index in [0.29, 0.717) is 11.8 Å². The van der Waals surface area contributed by atoms with Crippen molar-refractivity contribution < 1.29 is 0 Å². The predicted octanol–water partition coefficient (Wildman–Crippen LogP) is 5.98. The summed E-state index contributed by atoms with van der Waals surface area (Å²) < 4.78 is 0. The van der Waals surface area contributed by atoms with Gasteiger partial charge in [0, 0.05) is 0 Å². The van der Waals surface area contributed by atoms with Crippen molar-refractivity contribution in [1.82, 2.24) is 0 Å². The molecule has 2 rings (SSSR count). The van der Waals surface area contributed by atoms with Crippen LogP contribution in [-0.4, -0.2) is 0 Å². The molecule has 0 nitrogen and oxygen atoms in total. The van der Waals surface area contributed by atoms with Gasteiger partial charge in [0.05, 0.1) is 0 Å². The Morgan fingerprint density at radius 2 is 1.28 bits per heavy atom. The third-order valence-corrected chi connectivity index (χ3v) is 4.41. The highest BCUT2D eigenvalue weighted by atomic mass is 14.2. The van der Waals surface area contributed by atoms with Crippen LogP contribution in [-0.2, 0) is 0 Å². The molecule has 1 aliphatic rings. The molecule has 0 heterocycles. The van der Waals surface area contributed by atoms with Gasteiger partial charge >= 0.3 is 0 Å². The summed E-state index contributed by atoms with van der Waals surface area (Å²) in [5, 5.41) is 0. The maximum absolute atomic E-state index is 2.48. The van der Waals surface area contributed by atoms with Gasteiger partial charge < -0.3 is 0 Å². The molecule has 0 spiro atoms. The van der Waals surface area contributed by atoms with Gasteiger partial charge in [0.1, 0.15) is 0 Å². The van der Waals surface area contributed by atoms with Crippen LogP contribution < -0.4 is 0 Å². The summed E-state index contributed by atoms with van der Waals surface area (Å²) in [5.74, 6) is 2.12. The standard InChI is InChI=1S/C18H28/c1-13(2)16-10-17(14(3)4)12-18(11-16)15-8-6-5-7-9-15/h10-15H,5-9H2,1-4H3. The van der Waals surface area contributed by atoms with Crippen LogP contribution in [0.5, 0.6) is 0 Å². The first-order valence-corrected chi connectivity index (χ1v) is 7.72. The molecule has 1 aromatic carbocycles. The third-order valence-electron chi connectivity index (χ3n) is 4.41. The zero-order chi connectivity index (χ0) is 13.1. The average Bonchev–Trinajstić information content (AvgIpc) is 2.39. The minimum atomic E-state index is 0.644. The van der Waals surface area contributed by atoms with Gasteiger partial charge in [-0.05, 0) is 47.3 Å². The SMILES string of the molecule is CC(C)c1cc(C(C)C)cc(C2CCCCC2)c1. The van der Waals surface area contributed by atoms with Crippen LogP contribution in [0, 0.1) is 0 Å². The predicted molar refractivity (Wildman–Crippen MR) is 80.4 cm³/mol. The molecule has 0 saturated heterocycles. The summed E-state index contributed by atoms with van der Waals surface area (Å²) in [5.41, 5.74) is 4.67. The van der Waals surface area contributed by atoms with Crippen LogP contribution in [0.25, 0.3) is 0 Å². The lowest BCUT2D eigenvalue weighted by Crippen LogP contribution is -2.06. The molecule has 0 aliphatic heterocycles. The van der Waals surface area contributed by atoms with Crippen LogP contribution in [0.15, 0.2) is 18.2 Å². The first-order valence-electron chi connectivity index (χ1n) is 7.72. The highest BCUT2D eigenvalue weighted by Crippen LogP contribution is 2.35. The van der Waals surface area contributed by atoms with E-state index in [0.717, 1.165) is 5.92 Å². The van der Waals surface area contributed by atoms with Crippen LogP contribution >= 0.6 is 0 Å². The smallest absolute Gasteiger partial charge is 0.0162 e. The van der Waals surface area contributed by atoms with E-state index in [1.807, 2.05) is 0 Å². The van der Waals surface area contributed by atoms with Gasteiger partial charge in [-0.15, -0.1) is 0 Å². The molecule has 0 amide bonds. The molecule has 0 radical (unpaired) electrons. The van der Waals surface area contributed by atoms with Gasteiger partial charge in [-0.1, -0.05) is 65.2 Å². The summed E-state index contributed by atoms with van der Waals surface area (Å²) in [6, 6.07) is 7.38. The molecule has 0 atom stereocenters. The van der Waals surface area contributed by atoms with Gasteiger partial charge in [-0.25, -0.2) is 0 Å². The Hall–Kier alpha value is -0.780. The molecule has 0 N–H and O–H groups in total. The van der Waals surface area contributed by atoms with Crippen LogP contribution in [0.4, 0.5) is 0 Å². The van der Waals surface area contributed by atoms with Crippen molar-refractivity contribution in [2.24, 2.45) is 0 Å². The maximum atomic E-state index is 2.48. The van der Waals surface area contributed by atoms with Crippen molar-refractivity contribution in [3.05, 3.63) is 34.9 Å². The Kier molecular flexibility index (Phi) is 4.48. The Bertz CT molecular complexity index is 355. The summed E-state index contributed by atoms with van der Waals surface area (Å²) in [4.78, 5) is 0. The average molecular weight is 244 g/mol. The van der Waals surface area contributed by atoms with E-state index < -0.39 is 0 Å². The molecule has 0 aromatic heterocycles. The van der Waals surface area contributed by atoms with Gasteiger partial charge in [0.25, 0.3) is 0 Å². The lowest BCUT2D eigenvalue weighted by molar-refractivity contribution is 0.443. The summed E-state index contributed by atoms with van der Waals surface area (Å²) in [6.07, 6.45) is 7.09. The Labute approximate surface area is 113 Å². The van der Waals surface area contributed by atoms with Crippen molar-refractivity contribution in [3.8, 4) is 0 Å². The van der Waals surface area contributed by atoms with Crippen molar-refractivity contribution in [2.75, 3.05) is 0 Å². The fourth-order valence-corrected chi connectivity index (χ4v) is 3.04. The first kappa shape index (κ1) is 13.6.